The van der Waals surface area contributed by atoms with Crippen LogP contribution in [-0.2, 0) is 12.8 Å². The van der Waals surface area contributed by atoms with Gasteiger partial charge in [0, 0.05) is 24.6 Å². The number of aliphatic hydroxyl groups excluding tert-OH is 1. The van der Waals surface area contributed by atoms with Crippen molar-refractivity contribution in [2.45, 2.75) is 18.9 Å². The molecule has 0 bridgehead atoms. The summed E-state index contributed by atoms with van der Waals surface area (Å²) in [5, 5.41) is 16.0. The van der Waals surface area contributed by atoms with Crippen LogP contribution in [0.2, 0.25) is 0 Å². The number of hydrogen-bond acceptors (Lipinski definition) is 6. The number of aliphatic imine (C=N–C) groups is 1. The Balaban J connectivity index is 1.38. The van der Waals surface area contributed by atoms with Gasteiger partial charge in [0.25, 0.3) is 0 Å². The van der Waals surface area contributed by atoms with Crippen LogP contribution in [-0.4, -0.2) is 29.4 Å². The van der Waals surface area contributed by atoms with Gasteiger partial charge in [-0.2, -0.15) is 0 Å². The molecule has 0 aliphatic rings. The number of nitrogen functional groups attached to an aromatic ring is 1. The Morgan fingerprint density at radius 2 is 1.93 bits per heavy atom. The molecule has 0 spiro atoms. The van der Waals surface area contributed by atoms with Gasteiger partial charge in [-0.15, -0.1) is 11.3 Å². The molecule has 5 nitrogen and oxygen atoms in total. The zero-order valence-electron chi connectivity index (χ0n) is 15.1. The maximum atomic E-state index is 10.1. The summed E-state index contributed by atoms with van der Waals surface area (Å²) in [5.74, 6) is 0. The highest BCUT2D eigenvalue weighted by molar-refractivity contribution is 7.13. The summed E-state index contributed by atoms with van der Waals surface area (Å²) in [4.78, 5) is 8.66. The Morgan fingerprint density at radius 1 is 1.15 bits per heavy atom. The molecule has 1 unspecified atom stereocenters. The van der Waals surface area contributed by atoms with Gasteiger partial charge in [-0.1, -0.05) is 42.5 Å². The number of aliphatic hydroxyl groups is 1. The van der Waals surface area contributed by atoms with E-state index in [0.29, 0.717) is 18.1 Å². The molecule has 0 aliphatic heterocycles. The van der Waals surface area contributed by atoms with Gasteiger partial charge in [0.2, 0.25) is 0 Å². The molecule has 0 saturated carbocycles. The first kappa shape index (κ1) is 19.2. The summed E-state index contributed by atoms with van der Waals surface area (Å²) >= 11 is 1.45. The van der Waals surface area contributed by atoms with E-state index in [1.54, 1.807) is 0 Å². The van der Waals surface area contributed by atoms with Crippen molar-refractivity contribution in [3.63, 3.8) is 0 Å². The molecular formula is C21H24N4OS. The lowest BCUT2D eigenvalue weighted by Gasteiger charge is -2.12. The number of anilines is 1. The summed E-state index contributed by atoms with van der Waals surface area (Å²) in [6, 6.07) is 17.9. The van der Waals surface area contributed by atoms with Crippen molar-refractivity contribution in [3.05, 3.63) is 76.8 Å². The van der Waals surface area contributed by atoms with Crippen LogP contribution in [0.5, 0.6) is 0 Å². The van der Waals surface area contributed by atoms with Crippen LogP contribution in [0.25, 0.3) is 0 Å². The number of nitrogens with zero attached hydrogens (tertiary/aromatic N) is 2. The largest absolute Gasteiger partial charge is 0.387 e. The number of hydrogen-bond donors (Lipinski definition) is 3. The highest BCUT2D eigenvalue weighted by atomic mass is 32.1. The van der Waals surface area contributed by atoms with Gasteiger partial charge in [-0.25, -0.2) is 4.98 Å². The summed E-state index contributed by atoms with van der Waals surface area (Å²) in [7, 11) is 0. The quantitative estimate of drug-likeness (QED) is 0.392. The van der Waals surface area contributed by atoms with E-state index in [-0.39, 0.29) is 0 Å². The summed E-state index contributed by atoms with van der Waals surface area (Å²) in [6.45, 7) is 1.37. The number of aromatic nitrogens is 1. The topological polar surface area (TPSA) is 83.5 Å². The number of nitrogens with two attached hydrogens (primary N) is 1. The minimum Gasteiger partial charge on any atom is -0.387 e. The van der Waals surface area contributed by atoms with E-state index in [1.807, 2.05) is 54.1 Å². The van der Waals surface area contributed by atoms with Gasteiger partial charge < -0.3 is 16.2 Å². The monoisotopic (exact) mass is 380 g/mol. The molecule has 1 atom stereocenters. The maximum absolute atomic E-state index is 10.1. The van der Waals surface area contributed by atoms with Crippen LogP contribution in [0.4, 0.5) is 10.8 Å². The normalized spacial score (nSPS) is 12.5. The molecule has 1 heterocycles. The summed E-state index contributed by atoms with van der Waals surface area (Å²) in [5.41, 5.74) is 9.67. The molecule has 0 saturated heterocycles. The van der Waals surface area contributed by atoms with Crippen molar-refractivity contribution in [2.24, 2.45) is 4.99 Å². The van der Waals surface area contributed by atoms with E-state index in [0.717, 1.165) is 29.9 Å². The van der Waals surface area contributed by atoms with Crippen LogP contribution in [0.1, 0.15) is 22.9 Å². The third kappa shape index (κ3) is 6.29. The van der Waals surface area contributed by atoms with E-state index in [4.69, 9.17) is 5.73 Å². The minimum atomic E-state index is -0.476. The van der Waals surface area contributed by atoms with E-state index in [9.17, 15) is 5.11 Å². The predicted octanol–water partition coefficient (Wildman–Crippen LogP) is 3.54. The molecule has 1 aromatic heterocycles. The highest BCUT2D eigenvalue weighted by Gasteiger charge is 2.05. The lowest BCUT2D eigenvalue weighted by atomic mass is 10.1. The molecule has 0 fully saturated rings. The van der Waals surface area contributed by atoms with E-state index in [1.165, 1.54) is 16.9 Å². The predicted molar refractivity (Wildman–Crippen MR) is 113 cm³/mol. The standard InChI is InChI=1S/C21H24N4OS/c22-21-25-19(15-27-21)11-13-24-18-8-6-16(7-9-18)10-12-23-14-20(26)17-4-2-1-3-5-17/h1-9,13,15,20,23,26H,10-12,14H2,(H2,22,25). The number of benzene rings is 2. The van der Waals surface area contributed by atoms with Crippen LogP contribution in [0.3, 0.4) is 0 Å². The fraction of sp³-hybridized carbons (Fsp3) is 0.238. The first-order valence-electron chi connectivity index (χ1n) is 8.96. The van der Waals surface area contributed by atoms with Crippen LogP contribution in [0, 0.1) is 0 Å². The van der Waals surface area contributed by atoms with Crippen LogP contribution < -0.4 is 11.1 Å². The first-order valence-corrected chi connectivity index (χ1v) is 9.84. The van der Waals surface area contributed by atoms with E-state index in [2.05, 4.69) is 27.4 Å². The second-order valence-electron chi connectivity index (χ2n) is 6.24. The third-order valence-electron chi connectivity index (χ3n) is 4.16. The molecule has 6 heteroatoms. The Morgan fingerprint density at radius 3 is 2.63 bits per heavy atom. The zero-order chi connectivity index (χ0) is 18.9. The fourth-order valence-corrected chi connectivity index (χ4v) is 3.25. The van der Waals surface area contributed by atoms with Crippen molar-refractivity contribution in [2.75, 3.05) is 18.8 Å². The van der Waals surface area contributed by atoms with Gasteiger partial charge in [0.15, 0.2) is 5.13 Å². The second kappa shape index (κ2) is 9.97. The third-order valence-corrected chi connectivity index (χ3v) is 4.88. The molecule has 0 aliphatic carbocycles. The molecule has 140 valence electrons. The van der Waals surface area contributed by atoms with Gasteiger partial charge >= 0.3 is 0 Å². The highest BCUT2D eigenvalue weighted by Crippen LogP contribution is 2.15. The average Bonchev–Trinajstić information content (AvgIpc) is 3.12. The molecule has 3 aromatic rings. The SMILES string of the molecule is Nc1nc(CC=Nc2ccc(CCNCC(O)c3ccccc3)cc2)cs1. The molecule has 0 radical (unpaired) electrons. The summed E-state index contributed by atoms with van der Waals surface area (Å²) in [6.07, 6.45) is 2.97. The Bertz CT molecular complexity index is 846. The minimum absolute atomic E-state index is 0.476. The zero-order valence-corrected chi connectivity index (χ0v) is 15.9. The lowest BCUT2D eigenvalue weighted by molar-refractivity contribution is 0.175. The average molecular weight is 381 g/mol. The van der Waals surface area contributed by atoms with Gasteiger partial charge in [0.1, 0.15) is 0 Å². The second-order valence-corrected chi connectivity index (χ2v) is 7.13. The smallest absolute Gasteiger partial charge is 0.180 e. The Hall–Kier alpha value is -2.54. The van der Waals surface area contributed by atoms with Crippen LogP contribution in [0.15, 0.2) is 65.0 Å². The molecule has 3 rings (SSSR count). The van der Waals surface area contributed by atoms with Gasteiger partial charge in [-0.05, 0) is 36.2 Å². The van der Waals surface area contributed by atoms with Crippen molar-refractivity contribution < 1.29 is 5.11 Å². The maximum Gasteiger partial charge on any atom is 0.180 e. The van der Waals surface area contributed by atoms with E-state index >= 15 is 0 Å². The number of thiazole rings is 1. The molecular weight excluding hydrogens is 356 g/mol. The fourth-order valence-electron chi connectivity index (χ4n) is 2.67. The van der Waals surface area contributed by atoms with Crippen molar-refractivity contribution in [1.29, 1.82) is 0 Å². The Labute approximate surface area is 163 Å². The number of rotatable bonds is 9. The molecule has 27 heavy (non-hydrogen) atoms. The van der Waals surface area contributed by atoms with Crippen LogP contribution >= 0.6 is 11.3 Å². The van der Waals surface area contributed by atoms with Gasteiger partial charge in [0.05, 0.1) is 17.5 Å². The van der Waals surface area contributed by atoms with Crippen molar-refractivity contribution in [3.8, 4) is 0 Å². The molecule has 0 amide bonds. The molecule has 4 N–H and O–H groups in total. The summed E-state index contributed by atoms with van der Waals surface area (Å²) < 4.78 is 0. The van der Waals surface area contributed by atoms with E-state index < -0.39 is 6.10 Å². The first-order chi connectivity index (χ1) is 13.2. The van der Waals surface area contributed by atoms with Gasteiger partial charge in [-0.3, -0.25) is 4.99 Å². The van der Waals surface area contributed by atoms with Crippen molar-refractivity contribution in [1.82, 2.24) is 10.3 Å². The lowest BCUT2D eigenvalue weighted by Crippen LogP contribution is -2.23. The van der Waals surface area contributed by atoms with Crippen molar-refractivity contribution >= 4 is 28.4 Å². The Kier molecular flexibility index (Phi) is 7.10. The molecule has 2 aromatic carbocycles. The number of nitrogens with one attached hydrogen (secondary N) is 1.